The smallest absolute Gasteiger partial charge is 0.252 e. The molecule has 0 N–H and O–H groups in total. The van der Waals surface area contributed by atoms with Gasteiger partial charge in [0.25, 0.3) is 6.71 Å². The van der Waals surface area contributed by atoms with E-state index in [0.29, 0.717) is 0 Å². The van der Waals surface area contributed by atoms with Gasteiger partial charge in [0, 0.05) is 85.3 Å². The van der Waals surface area contributed by atoms with Crippen molar-refractivity contribution in [1.29, 1.82) is 0 Å². The summed E-state index contributed by atoms with van der Waals surface area (Å²) in [6.45, 7) is 27.5. The number of fused-ring (bicyclic) bond motifs is 10. The van der Waals surface area contributed by atoms with Crippen LogP contribution >= 0.6 is 22.7 Å². The number of anilines is 6. The highest BCUT2D eigenvalue weighted by atomic mass is 32.1. The molecule has 0 aliphatic carbocycles. The third-order valence-corrected chi connectivity index (χ3v) is 27.1. The van der Waals surface area contributed by atoms with Gasteiger partial charge in [-0.25, -0.2) is 0 Å². The van der Waals surface area contributed by atoms with Crippen LogP contribution in [0.4, 0.5) is 34.1 Å². The van der Waals surface area contributed by atoms with E-state index in [-0.39, 0.29) is 28.4 Å². The van der Waals surface area contributed by atoms with Crippen LogP contribution in [0.3, 0.4) is 0 Å². The Morgan fingerprint density at radius 1 is 0.214 bits per heavy atom. The molecule has 18 aromatic rings. The van der Waals surface area contributed by atoms with Gasteiger partial charge in [-0.3, -0.25) is 0 Å². The van der Waals surface area contributed by atoms with E-state index in [1.54, 1.807) is 0 Å². The van der Waals surface area contributed by atoms with E-state index >= 15 is 0 Å². The van der Waals surface area contributed by atoms with Gasteiger partial charge in [-0.1, -0.05) is 368 Å². The van der Waals surface area contributed by atoms with Crippen LogP contribution in [-0.4, -0.2) is 6.71 Å². The molecule has 0 bridgehead atoms. The van der Waals surface area contributed by atoms with Crippen molar-refractivity contribution in [3.8, 4) is 100 Å². The molecule has 2 aromatic heterocycles. The largest absolute Gasteiger partial charge is 0.310 e. The molecule has 2 aliphatic heterocycles. The zero-order valence-electron chi connectivity index (χ0n) is 68.7. The summed E-state index contributed by atoms with van der Waals surface area (Å²) >= 11 is 3.76. The first kappa shape index (κ1) is 73.5. The Bertz CT molecular complexity index is 6770. The molecule has 4 heterocycles. The standard InChI is InChI=1S/C112H93BN2S2/c1-109(2,3)81-52-40-72(41-53-81)87-33-23-34-88(73-42-54-82(55-43-73)110(4,5)6)107(87)114-97-61-49-78(85-60-48-76(70-26-15-13-16-27-70)64-93(85)71-28-17-14-18-29-71)66-95(97)113-96-67-79(86-32-25-39-104-105(86)92-31-20-22-38-102(92)117-104)50-62-98(96)115(100-69-80(68-99(114)106(100)113)77-51-63-103-94(65-77)91-30-19-21-37-101(91)116-103)108-89(74-44-56-83(57-45-74)111(7,8)9)35-24-36-90(108)75-46-58-84(59-47-75)112(10,11)12/h13-69H,1-12H3. The normalized spacial score (nSPS) is 12.9. The molecule has 20 rings (SSSR count). The predicted molar refractivity (Wildman–Crippen MR) is 510 cm³/mol. The first-order chi connectivity index (χ1) is 56.5. The fourth-order valence-electron chi connectivity index (χ4n) is 18.5. The topological polar surface area (TPSA) is 6.48 Å². The van der Waals surface area contributed by atoms with Crippen LogP contribution in [0.15, 0.2) is 346 Å². The second-order valence-electron chi connectivity index (χ2n) is 36.4. The van der Waals surface area contributed by atoms with Crippen LogP contribution in [0.1, 0.15) is 105 Å². The summed E-state index contributed by atoms with van der Waals surface area (Å²) in [4.78, 5) is 5.48. The van der Waals surface area contributed by atoms with Crippen LogP contribution < -0.4 is 26.2 Å². The summed E-state index contributed by atoms with van der Waals surface area (Å²) in [6, 6.07) is 134. The molecular weight excluding hydrogens is 1450 g/mol. The Hall–Kier alpha value is -12.4. The molecule has 0 saturated carbocycles. The molecule has 117 heavy (non-hydrogen) atoms. The highest BCUT2D eigenvalue weighted by molar-refractivity contribution is 7.26. The highest BCUT2D eigenvalue weighted by Gasteiger charge is 2.46. The Labute approximate surface area is 697 Å². The van der Waals surface area contributed by atoms with Crippen molar-refractivity contribution >= 4 is 120 Å². The number of hydrogen-bond donors (Lipinski definition) is 0. The lowest BCUT2D eigenvalue weighted by Gasteiger charge is -2.46. The van der Waals surface area contributed by atoms with Gasteiger partial charge in [0.05, 0.1) is 11.4 Å². The molecular formula is C112H93BN2S2. The third-order valence-electron chi connectivity index (χ3n) is 24.8. The molecule has 0 spiro atoms. The molecule has 5 heteroatoms. The minimum Gasteiger partial charge on any atom is -0.310 e. The van der Waals surface area contributed by atoms with Gasteiger partial charge in [0.1, 0.15) is 0 Å². The molecule has 0 atom stereocenters. The molecule has 0 unspecified atom stereocenters. The van der Waals surface area contributed by atoms with E-state index in [0.717, 1.165) is 95.3 Å². The lowest BCUT2D eigenvalue weighted by atomic mass is 9.33. The fraction of sp³-hybridized carbons (Fsp3) is 0.143. The minimum absolute atomic E-state index is 0.0605. The molecule has 0 radical (unpaired) electrons. The van der Waals surface area contributed by atoms with Crippen molar-refractivity contribution in [3.05, 3.63) is 368 Å². The highest BCUT2D eigenvalue weighted by Crippen LogP contribution is 2.56. The number of para-hydroxylation sites is 2. The average molecular weight is 1540 g/mol. The van der Waals surface area contributed by atoms with Gasteiger partial charge >= 0.3 is 0 Å². The quantitative estimate of drug-likeness (QED) is 0.119. The van der Waals surface area contributed by atoms with Crippen molar-refractivity contribution in [1.82, 2.24) is 0 Å². The van der Waals surface area contributed by atoms with Crippen LogP contribution in [0.2, 0.25) is 0 Å². The number of rotatable bonds is 11. The molecule has 566 valence electrons. The molecule has 2 nitrogen and oxygen atoms in total. The first-order valence-electron chi connectivity index (χ1n) is 41.4. The van der Waals surface area contributed by atoms with Gasteiger partial charge in [0.15, 0.2) is 0 Å². The van der Waals surface area contributed by atoms with Crippen LogP contribution in [0, 0.1) is 0 Å². The number of thiophene rings is 2. The molecule has 2 aliphatic rings. The van der Waals surface area contributed by atoms with Gasteiger partial charge < -0.3 is 9.80 Å². The van der Waals surface area contributed by atoms with E-state index in [1.165, 1.54) is 118 Å². The molecule has 0 saturated heterocycles. The van der Waals surface area contributed by atoms with Crippen molar-refractivity contribution < 1.29 is 0 Å². The van der Waals surface area contributed by atoms with E-state index in [9.17, 15) is 0 Å². The maximum Gasteiger partial charge on any atom is 0.252 e. The Kier molecular flexibility index (Phi) is 17.7. The van der Waals surface area contributed by atoms with E-state index in [2.05, 4.69) is 439 Å². The van der Waals surface area contributed by atoms with E-state index in [1.807, 2.05) is 22.7 Å². The second kappa shape index (κ2) is 28.2. The van der Waals surface area contributed by atoms with Crippen molar-refractivity contribution in [2.45, 2.75) is 105 Å². The Morgan fingerprint density at radius 3 is 1.04 bits per heavy atom. The maximum absolute atomic E-state index is 2.74. The summed E-state index contributed by atoms with van der Waals surface area (Å²) in [5.41, 5.74) is 36.3. The zero-order valence-corrected chi connectivity index (χ0v) is 70.3. The summed E-state index contributed by atoms with van der Waals surface area (Å²) in [5.74, 6) is 0. The van der Waals surface area contributed by atoms with E-state index < -0.39 is 0 Å². The minimum atomic E-state index is -0.326. The monoisotopic (exact) mass is 1540 g/mol. The van der Waals surface area contributed by atoms with Crippen LogP contribution in [0.25, 0.3) is 140 Å². The third kappa shape index (κ3) is 12.9. The summed E-state index contributed by atoms with van der Waals surface area (Å²) in [7, 11) is 0. The van der Waals surface area contributed by atoms with Gasteiger partial charge in [-0.2, -0.15) is 0 Å². The van der Waals surface area contributed by atoms with Gasteiger partial charge in [-0.15, -0.1) is 22.7 Å². The molecule has 0 amide bonds. The predicted octanol–water partition coefficient (Wildman–Crippen LogP) is 30.7. The molecule has 0 fully saturated rings. The lowest BCUT2D eigenvalue weighted by Crippen LogP contribution is -2.61. The number of benzene rings is 16. The lowest BCUT2D eigenvalue weighted by molar-refractivity contribution is 0.590. The van der Waals surface area contributed by atoms with Crippen molar-refractivity contribution in [2.75, 3.05) is 9.80 Å². The van der Waals surface area contributed by atoms with Crippen LogP contribution in [-0.2, 0) is 21.7 Å². The Balaban J connectivity index is 0.964. The Morgan fingerprint density at radius 2 is 0.564 bits per heavy atom. The zero-order chi connectivity index (χ0) is 80.0. The molecule has 16 aromatic carbocycles. The number of hydrogen-bond acceptors (Lipinski definition) is 4. The summed E-state index contributed by atoms with van der Waals surface area (Å²) in [6.07, 6.45) is 0. The van der Waals surface area contributed by atoms with Crippen LogP contribution in [0.5, 0.6) is 0 Å². The maximum atomic E-state index is 2.74. The fourth-order valence-corrected chi connectivity index (χ4v) is 20.7. The average Bonchev–Trinajstić information content (AvgIpc) is 1.17. The number of nitrogens with zero attached hydrogens (tertiary/aromatic N) is 2. The van der Waals surface area contributed by atoms with Gasteiger partial charge in [0.2, 0.25) is 0 Å². The summed E-state index contributed by atoms with van der Waals surface area (Å²) < 4.78 is 5.13. The second-order valence-corrected chi connectivity index (χ2v) is 38.5. The van der Waals surface area contributed by atoms with Crippen molar-refractivity contribution in [2.24, 2.45) is 0 Å². The van der Waals surface area contributed by atoms with E-state index in [4.69, 9.17) is 0 Å². The van der Waals surface area contributed by atoms with Crippen molar-refractivity contribution in [3.63, 3.8) is 0 Å². The van der Waals surface area contributed by atoms with Gasteiger partial charge in [-0.05, 0) is 199 Å². The summed E-state index contributed by atoms with van der Waals surface area (Å²) in [5, 5.41) is 5.10. The first-order valence-corrected chi connectivity index (χ1v) is 43.0. The SMILES string of the molecule is CC(C)(C)c1ccc(-c2cccc(-c3ccc(C(C)(C)C)cc3)c2N2c3ccc(-c4ccc(-c5ccccc5)cc4-c4ccccc4)cc3B3c4cc(-c5cccc6sc7ccccc7c56)ccc4N(c4c(-c5ccc(C(C)(C)C)cc5)cccc4-c4ccc(C(C)(C)C)cc4)c4cc(-c5ccc6sc7ccccc7c6c5)cc2c43)cc1.